The minimum Gasteiger partial charge on any atom is -0.329 e. The van der Waals surface area contributed by atoms with Gasteiger partial charge in [0.25, 0.3) is 0 Å². The Morgan fingerprint density at radius 2 is 2.26 bits per heavy atom. The zero-order chi connectivity index (χ0) is 13.1. The summed E-state index contributed by atoms with van der Waals surface area (Å²) in [6, 6.07) is 9.19. The molecule has 1 unspecified atom stereocenters. The van der Waals surface area contributed by atoms with Gasteiger partial charge in [0.1, 0.15) is 0 Å². The molecule has 3 rings (SSSR count). The molecule has 1 aliphatic rings. The van der Waals surface area contributed by atoms with E-state index >= 15 is 0 Å². The van der Waals surface area contributed by atoms with Crippen molar-refractivity contribution in [2.45, 2.75) is 31.5 Å². The highest BCUT2D eigenvalue weighted by Gasteiger charge is 2.34. The highest BCUT2D eigenvalue weighted by molar-refractivity contribution is 7.07. The number of thiophene rings is 1. The van der Waals surface area contributed by atoms with E-state index in [4.69, 9.17) is 5.73 Å². The molecule has 19 heavy (non-hydrogen) atoms. The van der Waals surface area contributed by atoms with Gasteiger partial charge in [-0.2, -0.15) is 11.3 Å². The Labute approximate surface area is 118 Å². The summed E-state index contributed by atoms with van der Waals surface area (Å²) in [4.78, 5) is 7.01. The first kappa shape index (κ1) is 12.8. The lowest BCUT2D eigenvalue weighted by Crippen LogP contribution is -2.35. The van der Waals surface area contributed by atoms with Crippen LogP contribution < -0.4 is 5.73 Å². The molecule has 2 aromatic rings. The predicted molar refractivity (Wildman–Crippen MR) is 78.9 cm³/mol. The maximum absolute atomic E-state index is 6.02. The number of aromatic nitrogens is 1. The first-order chi connectivity index (χ1) is 9.38. The molecule has 1 atom stereocenters. The summed E-state index contributed by atoms with van der Waals surface area (Å²) in [5.41, 5.74) is 8.49. The molecule has 2 heterocycles. The van der Waals surface area contributed by atoms with Crippen LogP contribution in [0.2, 0.25) is 0 Å². The molecule has 4 heteroatoms. The van der Waals surface area contributed by atoms with Crippen LogP contribution in [0.1, 0.15) is 30.1 Å². The quantitative estimate of drug-likeness (QED) is 0.880. The monoisotopic (exact) mass is 273 g/mol. The lowest BCUT2D eigenvalue weighted by Gasteiger charge is -2.30. The van der Waals surface area contributed by atoms with E-state index in [0.717, 1.165) is 12.2 Å². The summed E-state index contributed by atoms with van der Waals surface area (Å²) in [5, 5.41) is 4.36. The Kier molecular flexibility index (Phi) is 3.92. The van der Waals surface area contributed by atoms with E-state index in [9.17, 15) is 0 Å². The topological polar surface area (TPSA) is 42.1 Å². The van der Waals surface area contributed by atoms with Crippen molar-refractivity contribution in [1.29, 1.82) is 0 Å². The molecule has 1 aliphatic carbocycles. The second-order valence-electron chi connectivity index (χ2n) is 5.04. The Morgan fingerprint density at radius 3 is 2.84 bits per heavy atom. The van der Waals surface area contributed by atoms with Crippen LogP contribution in [0.5, 0.6) is 0 Å². The molecule has 0 bridgehead atoms. The third-order valence-corrected chi connectivity index (χ3v) is 4.35. The van der Waals surface area contributed by atoms with Crippen molar-refractivity contribution in [2.75, 3.05) is 6.54 Å². The van der Waals surface area contributed by atoms with Gasteiger partial charge in [-0.25, -0.2) is 0 Å². The average Bonchev–Trinajstić information content (AvgIpc) is 3.17. The van der Waals surface area contributed by atoms with Gasteiger partial charge in [-0.15, -0.1) is 0 Å². The zero-order valence-corrected chi connectivity index (χ0v) is 11.7. The van der Waals surface area contributed by atoms with Crippen molar-refractivity contribution in [3.05, 3.63) is 52.5 Å². The number of rotatable bonds is 6. The minimum atomic E-state index is 0.230. The predicted octanol–water partition coefficient (Wildman–Crippen LogP) is 2.81. The smallest absolute Gasteiger partial charge is 0.0649 e. The summed E-state index contributed by atoms with van der Waals surface area (Å²) < 4.78 is 0. The number of pyridine rings is 1. The summed E-state index contributed by atoms with van der Waals surface area (Å²) in [5.74, 6) is 0. The van der Waals surface area contributed by atoms with Gasteiger partial charge in [0.05, 0.1) is 11.7 Å². The Morgan fingerprint density at radius 1 is 1.37 bits per heavy atom. The van der Waals surface area contributed by atoms with Gasteiger partial charge in [-0.05, 0) is 47.4 Å². The third kappa shape index (κ3) is 3.03. The summed E-state index contributed by atoms with van der Waals surface area (Å²) >= 11 is 1.76. The van der Waals surface area contributed by atoms with E-state index in [1.165, 1.54) is 18.4 Å². The largest absolute Gasteiger partial charge is 0.329 e. The Balaban J connectivity index is 1.81. The number of nitrogens with zero attached hydrogens (tertiary/aromatic N) is 2. The van der Waals surface area contributed by atoms with Crippen molar-refractivity contribution in [3.8, 4) is 0 Å². The van der Waals surface area contributed by atoms with Gasteiger partial charge >= 0.3 is 0 Å². The molecule has 0 amide bonds. The lowest BCUT2D eigenvalue weighted by molar-refractivity contribution is 0.178. The van der Waals surface area contributed by atoms with E-state index in [-0.39, 0.29) is 6.04 Å². The van der Waals surface area contributed by atoms with E-state index in [1.807, 2.05) is 18.3 Å². The molecule has 0 aromatic carbocycles. The van der Waals surface area contributed by atoms with Gasteiger partial charge < -0.3 is 5.73 Å². The van der Waals surface area contributed by atoms with Gasteiger partial charge in [-0.3, -0.25) is 9.88 Å². The van der Waals surface area contributed by atoms with Crippen LogP contribution in [0, 0.1) is 0 Å². The maximum atomic E-state index is 6.02. The SMILES string of the molecule is NCC(c1ccccn1)N(Cc1ccsc1)C1CC1. The van der Waals surface area contributed by atoms with Crippen LogP contribution in [0.15, 0.2) is 41.2 Å². The van der Waals surface area contributed by atoms with E-state index in [0.29, 0.717) is 12.6 Å². The highest BCUT2D eigenvalue weighted by atomic mass is 32.1. The van der Waals surface area contributed by atoms with Gasteiger partial charge in [0.15, 0.2) is 0 Å². The summed E-state index contributed by atoms with van der Waals surface area (Å²) in [6.07, 6.45) is 4.43. The van der Waals surface area contributed by atoms with Crippen LogP contribution in [0.3, 0.4) is 0 Å². The summed E-state index contributed by atoms with van der Waals surface area (Å²) in [7, 11) is 0. The zero-order valence-electron chi connectivity index (χ0n) is 10.9. The van der Waals surface area contributed by atoms with Crippen molar-refractivity contribution < 1.29 is 0 Å². The molecule has 0 aliphatic heterocycles. The van der Waals surface area contributed by atoms with Crippen LogP contribution in [-0.4, -0.2) is 22.5 Å². The molecule has 0 saturated heterocycles. The van der Waals surface area contributed by atoms with Gasteiger partial charge in [0.2, 0.25) is 0 Å². The number of nitrogens with two attached hydrogens (primary N) is 1. The van der Waals surface area contributed by atoms with Crippen LogP contribution in [-0.2, 0) is 6.54 Å². The molecule has 2 N–H and O–H groups in total. The van der Waals surface area contributed by atoms with Crippen LogP contribution in [0.4, 0.5) is 0 Å². The molecular formula is C15H19N3S. The molecule has 0 spiro atoms. The van der Waals surface area contributed by atoms with E-state index in [1.54, 1.807) is 11.3 Å². The molecule has 0 radical (unpaired) electrons. The lowest BCUT2D eigenvalue weighted by atomic mass is 10.1. The molecule has 1 saturated carbocycles. The van der Waals surface area contributed by atoms with Crippen molar-refractivity contribution >= 4 is 11.3 Å². The third-order valence-electron chi connectivity index (χ3n) is 3.61. The molecule has 1 fully saturated rings. The number of hydrogen-bond donors (Lipinski definition) is 1. The normalized spacial score (nSPS) is 16.7. The average molecular weight is 273 g/mol. The Bertz CT molecular complexity index is 493. The standard InChI is InChI=1S/C15H19N3S/c16-9-15(14-3-1-2-7-17-14)18(13-4-5-13)10-12-6-8-19-11-12/h1-3,6-8,11,13,15H,4-5,9-10,16H2. The van der Waals surface area contributed by atoms with Crippen LogP contribution >= 0.6 is 11.3 Å². The van der Waals surface area contributed by atoms with Crippen LogP contribution in [0.25, 0.3) is 0 Å². The second kappa shape index (κ2) is 5.82. The molecule has 3 nitrogen and oxygen atoms in total. The Hall–Kier alpha value is -1.23. The van der Waals surface area contributed by atoms with Crippen molar-refractivity contribution in [3.63, 3.8) is 0 Å². The van der Waals surface area contributed by atoms with Gasteiger partial charge in [0, 0.05) is 25.3 Å². The second-order valence-corrected chi connectivity index (χ2v) is 5.82. The molecule has 2 aromatic heterocycles. The number of hydrogen-bond acceptors (Lipinski definition) is 4. The fourth-order valence-electron chi connectivity index (χ4n) is 2.49. The summed E-state index contributed by atoms with van der Waals surface area (Å²) in [6.45, 7) is 1.60. The first-order valence-corrected chi connectivity index (χ1v) is 7.70. The fourth-order valence-corrected chi connectivity index (χ4v) is 3.15. The fraction of sp³-hybridized carbons (Fsp3) is 0.400. The van der Waals surface area contributed by atoms with Crippen molar-refractivity contribution in [1.82, 2.24) is 9.88 Å². The van der Waals surface area contributed by atoms with Gasteiger partial charge in [-0.1, -0.05) is 6.07 Å². The van der Waals surface area contributed by atoms with E-state index in [2.05, 4.69) is 32.8 Å². The highest BCUT2D eigenvalue weighted by Crippen LogP contribution is 2.35. The first-order valence-electron chi connectivity index (χ1n) is 6.76. The minimum absolute atomic E-state index is 0.230. The molecule has 100 valence electrons. The maximum Gasteiger partial charge on any atom is 0.0649 e. The van der Waals surface area contributed by atoms with Crippen molar-refractivity contribution in [2.24, 2.45) is 5.73 Å². The molecular weight excluding hydrogens is 254 g/mol. The van der Waals surface area contributed by atoms with E-state index < -0.39 is 0 Å².